The molecule has 0 aliphatic rings. The normalized spacial score (nSPS) is 12.2. The first-order chi connectivity index (χ1) is 6.01. The van der Waals surface area contributed by atoms with E-state index in [2.05, 4.69) is 0 Å². The molecule has 0 amide bonds. The van der Waals surface area contributed by atoms with Crippen LogP contribution in [0.1, 0.15) is 13.8 Å². The molecule has 0 saturated heterocycles. The third-order valence-corrected chi connectivity index (χ3v) is 7.94. The molecule has 0 bridgehead atoms. The van der Waals surface area contributed by atoms with Gasteiger partial charge in [-0.25, -0.2) is 0 Å². The monoisotopic (exact) mass is 240 g/mol. The summed E-state index contributed by atoms with van der Waals surface area (Å²) < 4.78 is 16.5. The highest BCUT2D eigenvalue weighted by molar-refractivity contribution is 8.42. The summed E-state index contributed by atoms with van der Waals surface area (Å²) in [5, 5.41) is 0. The maximum absolute atomic E-state index is 5.23. The van der Waals surface area contributed by atoms with E-state index in [4.69, 9.17) is 25.5 Å². The summed E-state index contributed by atoms with van der Waals surface area (Å²) in [5.41, 5.74) is 0. The van der Waals surface area contributed by atoms with Crippen molar-refractivity contribution in [1.82, 2.24) is 0 Å². The Hall–Kier alpha value is 0.537. The predicted molar refractivity (Wildman–Crippen MR) is 61.8 cm³/mol. The highest BCUT2D eigenvalue weighted by Gasteiger charge is 2.41. The van der Waals surface area contributed by atoms with Gasteiger partial charge in [-0.05, 0) is 5.92 Å². The highest BCUT2D eigenvalue weighted by Crippen LogP contribution is 2.27. The van der Waals surface area contributed by atoms with Gasteiger partial charge in [0.25, 0.3) is 0 Å². The number of rotatable bonds is 5. The zero-order valence-electron chi connectivity index (χ0n) is 8.62. The summed E-state index contributed by atoms with van der Waals surface area (Å²) in [6.45, 7) is 4.07. The van der Waals surface area contributed by atoms with Crippen LogP contribution >= 0.6 is 23.4 Å². The molecule has 0 aliphatic heterocycles. The zero-order chi connectivity index (χ0) is 10.5. The number of thiocarbonyl (C=S) groups is 1. The van der Waals surface area contributed by atoms with E-state index in [9.17, 15) is 0 Å². The van der Waals surface area contributed by atoms with Gasteiger partial charge in [0.05, 0.1) is 4.20 Å². The third-order valence-electron chi connectivity index (χ3n) is 1.45. The largest absolute Gasteiger partial charge is 0.577 e. The van der Waals surface area contributed by atoms with Crippen molar-refractivity contribution in [3.63, 3.8) is 0 Å². The van der Waals surface area contributed by atoms with Gasteiger partial charge in [0, 0.05) is 21.3 Å². The molecule has 0 aromatic rings. The fourth-order valence-electron chi connectivity index (χ4n) is 0.616. The highest BCUT2D eigenvalue weighted by atomic mass is 32.4. The molecule has 0 atom stereocenters. The summed E-state index contributed by atoms with van der Waals surface area (Å²) in [7, 11) is 2.17. The van der Waals surface area contributed by atoms with E-state index in [-0.39, 0.29) is 0 Å². The van der Waals surface area contributed by atoms with Crippen LogP contribution in [0.15, 0.2) is 0 Å². The maximum atomic E-state index is 5.23. The molecule has 0 heterocycles. The molecular weight excluding hydrogens is 224 g/mol. The summed E-state index contributed by atoms with van der Waals surface area (Å²) in [6.07, 6.45) is 0. The molecule has 6 heteroatoms. The Balaban J connectivity index is 4.33. The Morgan fingerprint density at radius 1 is 1.15 bits per heavy atom. The van der Waals surface area contributed by atoms with Crippen molar-refractivity contribution in [3.8, 4) is 0 Å². The maximum Gasteiger partial charge on any atom is 0.577 e. The molecular formula is C7H16O3S2Si. The molecule has 3 nitrogen and oxygen atoms in total. The zero-order valence-corrected chi connectivity index (χ0v) is 11.3. The minimum Gasteiger partial charge on any atom is -0.368 e. The molecule has 13 heavy (non-hydrogen) atoms. The lowest BCUT2D eigenvalue weighted by Crippen LogP contribution is -2.40. The van der Waals surface area contributed by atoms with Gasteiger partial charge in [-0.1, -0.05) is 37.3 Å². The van der Waals surface area contributed by atoms with Crippen molar-refractivity contribution in [2.24, 2.45) is 5.92 Å². The fraction of sp³-hybridized carbons (Fsp3) is 0.857. The van der Waals surface area contributed by atoms with E-state index in [1.54, 1.807) is 21.3 Å². The fourth-order valence-corrected chi connectivity index (χ4v) is 4.96. The van der Waals surface area contributed by atoms with Gasteiger partial charge in [-0.15, -0.1) is 0 Å². The molecule has 0 unspecified atom stereocenters. The van der Waals surface area contributed by atoms with Gasteiger partial charge in [-0.2, -0.15) is 0 Å². The molecule has 0 rings (SSSR count). The van der Waals surface area contributed by atoms with Crippen molar-refractivity contribution < 1.29 is 13.3 Å². The first-order valence-corrected chi connectivity index (χ1v) is 7.57. The molecule has 0 N–H and O–H groups in total. The van der Waals surface area contributed by atoms with E-state index in [0.717, 1.165) is 4.20 Å². The smallest absolute Gasteiger partial charge is 0.368 e. The molecule has 0 aliphatic carbocycles. The van der Waals surface area contributed by atoms with E-state index < -0.39 is 7.95 Å². The Bertz CT molecular complexity index is 163. The van der Waals surface area contributed by atoms with E-state index in [1.165, 1.54) is 11.2 Å². The summed E-state index contributed by atoms with van der Waals surface area (Å²) in [5.74, 6) is 0.326. The summed E-state index contributed by atoms with van der Waals surface area (Å²) >= 11 is 6.59. The van der Waals surface area contributed by atoms with Crippen molar-refractivity contribution in [2.75, 3.05) is 21.3 Å². The number of hydrogen-bond donors (Lipinski definition) is 0. The lowest BCUT2D eigenvalue weighted by atomic mass is 10.3. The third kappa shape index (κ3) is 4.05. The van der Waals surface area contributed by atoms with Crippen LogP contribution in [0, 0.1) is 5.92 Å². The van der Waals surface area contributed by atoms with Gasteiger partial charge in [0.15, 0.2) is 0 Å². The van der Waals surface area contributed by atoms with Crippen LogP contribution < -0.4 is 0 Å². The van der Waals surface area contributed by atoms with E-state index in [1.807, 2.05) is 13.8 Å². The van der Waals surface area contributed by atoms with Crippen molar-refractivity contribution in [3.05, 3.63) is 0 Å². The lowest BCUT2D eigenvalue weighted by Gasteiger charge is -2.23. The Labute approximate surface area is 90.1 Å². The van der Waals surface area contributed by atoms with Gasteiger partial charge >= 0.3 is 7.95 Å². The van der Waals surface area contributed by atoms with Gasteiger partial charge in [0.2, 0.25) is 0 Å². The Kier molecular flexibility index (Phi) is 6.35. The van der Waals surface area contributed by atoms with Crippen LogP contribution in [0.2, 0.25) is 0 Å². The molecule has 0 aromatic heterocycles. The van der Waals surface area contributed by atoms with Gasteiger partial charge < -0.3 is 13.3 Å². The predicted octanol–water partition coefficient (Wildman–Crippen LogP) is 2.08. The van der Waals surface area contributed by atoms with Crippen LogP contribution in [0.5, 0.6) is 0 Å². The molecule has 78 valence electrons. The molecule has 0 spiro atoms. The lowest BCUT2D eigenvalue weighted by molar-refractivity contribution is 0.153. The molecule has 0 radical (unpaired) electrons. The minimum atomic E-state index is -2.57. The van der Waals surface area contributed by atoms with Crippen LogP contribution in [0.4, 0.5) is 0 Å². The van der Waals surface area contributed by atoms with Crippen LogP contribution in [-0.2, 0) is 13.3 Å². The topological polar surface area (TPSA) is 27.7 Å². The van der Waals surface area contributed by atoms with Gasteiger partial charge in [-0.3, -0.25) is 0 Å². The Morgan fingerprint density at radius 2 is 1.54 bits per heavy atom. The summed E-state index contributed by atoms with van der Waals surface area (Å²) in [6, 6.07) is 0. The second kappa shape index (κ2) is 6.10. The first kappa shape index (κ1) is 13.5. The van der Waals surface area contributed by atoms with Crippen LogP contribution in [0.25, 0.3) is 0 Å². The van der Waals surface area contributed by atoms with Crippen LogP contribution in [0.3, 0.4) is 0 Å². The number of hydrogen-bond acceptors (Lipinski definition) is 5. The molecule has 0 aromatic carbocycles. The summed E-state index contributed by atoms with van der Waals surface area (Å²) in [4.78, 5) is 0. The van der Waals surface area contributed by atoms with E-state index in [0.29, 0.717) is 5.92 Å². The quantitative estimate of drug-likeness (QED) is 0.542. The van der Waals surface area contributed by atoms with Crippen molar-refractivity contribution in [2.45, 2.75) is 13.8 Å². The average Bonchev–Trinajstić information content (AvgIpc) is 2.14. The second-order valence-corrected chi connectivity index (χ2v) is 8.37. The first-order valence-electron chi connectivity index (χ1n) is 3.89. The van der Waals surface area contributed by atoms with Crippen LogP contribution in [-0.4, -0.2) is 33.5 Å². The van der Waals surface area contributed by atoms with Crippen molar-refractivity contribution >= 4 is 35.6 Å². The SMILES string of the molecule is CO[Si](OC)(OC)SC(=S)C(C)C. The second-order valence-electron chi connectivity index (χ2n) is 2.69. The average molecular weight is 240 g/mol. The van der Waals surface area contributed by atoms with Gasteiger partial charge in [0.1, 0.15) is 0 Å². The standard InChI is InChI=1S/C7H16O3S2Si/c1-6(2)7(11)12-13(8-3,9-4)10-5/h6H,1-5H3. The Morgan fingerprint density at radius 3 is 1.77 bits per heavy atom. The minimum absolute atomic E-state index is 0.326. The molecule has 0 fully saturated rings. The van der Waals surface area contributed by atoms with E-state index >= 15 is 0 Å². The molecule has 0 saturated carbocycles. The van der Waals surface area contributed by atoms with Crippen molar-refractivity contribution in [1.29, 1.82) is 0 Å².